The Morgan fingerprint density at radius 2 is 2.10 bits per heavy atom. The van der Waals surface area contributed by atoms with E-state index in [-0.39, 0.29) is 0 Å². The maximum Gasteiger partial charge on any atom is 0.0389 e. The Hall–Kier alpha value is -0.860. The molecule has 0 spiro atoms. The molecule has 20 heavy (non-hydrogen) atoms. The summed E-state index contributed by atoms with van der Waals surface area (Å²) >= 11 is 1.95. The van der Waals surface area contributed by atoms with E-state index in [1.807, 2.05) is 11.3 Å². The van der Waals surface area contributed by atoms with Crippen LogP contribution >= 0.6 is 11.3 Å². The molecule has 2 aromatic rings. The van der Waals surface area contributed by atoms with Gasteiger partial charge in [0.05, 0.1) is 0 Å². The van der Waals surface area contributed by atoms with Crippen LogP contribution in [0.15, 0.2) is 24.3 Å². The van der Waals surface area contributed by atoms with Gasteiger partial charge in [0.25, 0.3) is 0 Å². The number of hydrogen-bond acceptors (Lipinski definition) is 2. The van der Waals surface area contributed by atoms with Crippen molar-refractivity contribution in [3.63, 3.8) is 0 Å². The minimum atomic E-state index is 0.475. The molecular weight excluding hydrogens is 262 g/mol. The van der Waals surface area contributed by atoms with Crippen LogP contribution in [-0.2, 0) is 0 Å². The minimum absolute atomic E-state index is 0.475. The molecule has 0 bridgehead atoms. The molecule has 108 valence electrons. The van der Waals surface area contributed by atoms with Crippen molar-refractivity contribution in [2.24, 2.45) is 11.8 Å². The summed E-state index contributed by atoms with van der Waals surface area (Å²) in [6.45, 7) is 8.15. The van der Waals surface area contributed by atoms with Crippen LogP contribution in [0.25, 0.3) is 10.1 Å². The van der Waals surface area contributed by atoms with Crippen molar-refractivity contribution in [3.05, 3.63) is 34.7 Å². The molecule has 1 fully saturated rings. The minimum Gasteiger partial charge on any atom is -0.309 e. The average molecular weight is 287 g/mol. The van der Waals surface area contributed by atoms with Crippen molar-refractivity contribution in [1.29, 1.82) is 0 Å². The van der Waals surface area contributed by atoms with Gasteiger partial charge in [0, 0.05) is 15.6 Å². The third-order valence-corrected chi connectivity index (χ3v) is 6.25. The maximum absolute atomic E-state index is 3.77. The van der Waals surface area contributed by atoms with Crippen LogP contribution < -0.4 is 5.32 Å². The van der Waals surface area contributed by atoms with Crippen molar-refractivity contribution in [3.8, 4) is 0 Å². The molecule has 0 aliphatic heterocycles. The van der Waals surface area contributed by atoms with E-state index in [4.69, 9.17) is 0 Å². The topological polar surface area (TPSA) is 12.0 Å². The van der Waals surface area contributed by atoms with E-state index >= 15 is 0 Å². The number of fused-ring (bicyclic) bond motifs is 1. The summed E-state index contributed by atoms with van der Waals surface area (Å²) in [7, 11) is 0. The quantitative estimate of drug-likeness (QED) is 0.805. The smallest absolute Gasteiger partial charge is 0.0389 e. The molecule has 3 unspecified atom stereocenters. The highest BCUT2D eigenvalue weighted by Gasteiger charge is 2.22. The first-order chi connectivity index (χ1) is 9.65. The molecule has 1 heterocycles. The van der Waals surface area contributed by atoms with Crippen LogP contribution in [0.3, 0.4) is 0 Å². The summed E-state index contributed by atoms with van der Waals surface area (Å²) in [5.41, 5.74) is 1.46. The zero-order valence-corrected chi connectivity index (χ0v) is 13.6. The van der Waals surface area contributed by atoms with Gasteiger partial charge in [0.2, 0.25) is 0 Å². The number of thiophene rings is 1. The Bertz CT molecular complexity index is 586. The highest BCUT2D eigenvalue weighted by atomic mass is 32.1. The van der Waals surface area contributed by atoms with Gasteiger partial charge in [-0.2, -0.15) is 0 Å². The second-order valence-electron chi connectivity index (χ2n) is 6.50. The molecular formula is C18H25NS. The third kappa shape index (κ3) is 2.77. The fourth-order valence-electron chi connectivity index (χ4n) is 3.55. The lowest BCUT2D eigenvalue weighted by atomic mass is 10.1. The summed E-state index contributed by atoms with van der Waals surface area (Å²) in [6.07, 6.45) is 4.24. The number of hydrogen-bond donors (Lipinski definition) is 1. The Balaban J connectivity index is 1.69. The second kappa shape index (κ2) is 5.87. The molecule has 3 rings (SSSR count). The van der Waals surface area contributed by atoms with Gasteiger partial charge in [-0.1, -0.05) is 31.5 Å². The molecule has 1 saturated carbocycles. The van der Waals surface area contributed by atoms with Crippen LogP contribution in [0.1, 0.15) is 49.6 Å². The van der Waals surface area contributed by atoms with Gasteiger partial charge in [0.15, 0.2) is 0 Å². The van der Waals surface area contributed by atoms with E-state index in [0.717, 1.165) is 11.8 Å². The van der Waals surface area contributed by atoms with Crippen molar-refractivity contribution in [2.75, 3.05) is 6.54 Å². The first kappa shape index (κ1) is 14.1. The van der Waals surface area contributed by atoms with Crippen molar-refractivity contribution >= 4 is 21.4 Å². The second-order valence-corrected chi connectivity index (χ2v) is 7.59. The highest BCUT2D eigenvalue weighted by molar-refractivity contribution is 7.19. The van der Waals surface area contributed by atoms with Crippen molar-refractivity contribution in [2.45, 2.75) is 46.1 Å². The molecule has 1 nitrogen and oxygen atoms in total. The van der Waals surface area contributed by atoms with Crippen molar-refractivity contribution in [1.82, 2.24) is 5.32 Å². The van der Waals surface area contributed by atoms with Gasteiger partial charge in [-0.15, -0.1) is 11.3 Å². The zero-order valence-electron chi connectivity index (χ0n) is 12.8. The predicted octanol–water partition coefficient (Wildman–Crippen LogP) is 5.30. The van der Waals surface area contributed by atoms with E-state index < -0.39 is 0 Å². The Morgan fingerprint density at radius 3 is 2.80 bits per heavy atom. The Morgan fingerprint density at radius 1 is 1.30 bits per heavy atom. The Labute approximate surface area is 126 Å². The van der Waals surface area contributed by atoms with Gasteiger partial charge >= 0.3 is 0 Å². The molecule has 0 saturated heterocycles. The third-order valence-electron chi connectivity index (χ3n) is 4.79. The molecule has 0 radical (unpaired) electrons. The summed E-state index contributed by atoms with van der Waals surface area (Å²) in [4.78, 5) is 1.51. The number of rotatable bonds is 4. The molecule has 1 aromatic heterocycles. The van der Waals surface area contributed by atoms with Crippen molar-refractivity contribution < 1.29 is 0 Å². The highest BCUT2D eigenvalue weighted by Crippen LogP contribution is 2.35. The Kier molecular flexibility index (Phi) is 4.13. The van der Waals surface area contributed by atoms with Gasteiger partial charge in [0.1, 0.15) is 0 Å². The number of benzene rings is 1. The molecule has 1 N–H and O–H groups in total. The molecule has 1 aromatic carbocycles. The first-order valence-electron chi connectivity index (χ1n) is 7.86. The van der Waals surface area contributed by atoms with E-state index in [1.165, 1.54) is 46.3 Å². The lowest BCUT2D eigenvalue weighted by molar-refractivity contribution is 0.442. The zero-order chi connectivity index (χ0) is 14.1. The lowest BCUT2D eigenvalue weighted by Gasteiger charge is -2.17. The van der Waals surface area contributed by atoms with Crippen LogP contribution in [0.4, 0.5) is 0 Å². The lowest BCUT2D eigenvalue weighted by Crippen LogP contribution is -2.24. The van der Waals surface area contributed by atoms with Gasteiger partial charge in [-0.05, 0) is 62.1 Å². The summed E-state index contributed by atoms with van der Waals surface area (Å²) in [5.74, 6) is 1.82. The van der Waals surface area contributed by atoms with Crippen LogP contribution in [0.2, 0.25) is 0 Å². The molecule has 2 heteroatoms. The van der Waals surface area contributed by atoms with Gasteiger partial charge in [-0.25, -0.2) is 0 Å². The molecule has 1 aliphatic carbocycles. The monoisotopic (exact) mass is 287 g/mol. The normalized spacial score (nSPS) is 24.4. The number of aryl methyl sites for hydroxylation is 1. The molecule has 1 aliphatic rings. The largest absolute Gasteiger partial charge is 0.309 e. The summed E-state index contributed by atoms with van der Waals surface area (Å²) in [5, 5.41) is 5.20. The predicted molar refractivity (Wildman–Crippen MR) is 89.5 cm³/mol. The maximum atomic E-state index is 3.77. The molecule has 0 amide bonds. The van der Waals surface area contributed by atoms with Gasteiger partial charge < -0.3 is 5.32 Å². The SMILES string of the molecule is Cc1c(C(C)NCC2CCC(C)C2)sc2ccccc12. The van der Waals surface area contributed by atoms with Crippen LogP contribution in [0, 0.1) is 18.8 Å². The van der Waals surface area contributed by atoms with E-state index in [1.54, 1.807) is 0 Å². The number of nitrogens with one attached hydrogen (secondary N) is 1. The van der Waals surface area contributed by atoms with Crippen LogP contribution in [-0.4, -0.2) is 6.54 Å². The standard InChI is InChI=1S/C18H25NS/c1-12-8-9-15(10-12)11-19-14(3)18-13(2)16-6-4-5-7-17(16)20-18/h4-7,12,14-15,19H,8-11H2,1-3H3. The van der Waals surface area contributed by atoms with E-state index in [2.05, 4.69) is 50.4 Å². The summed E-state index contributed by atoms with van der Waals surface area (Å²) in [6, 6.07) is 9.24. The first-order valence-corrected chi connectivity index (χ1v) is 8.68. The fourth-order valence-corrected chi connectivity index (χ4v) is 4.79. The van der Waals surface area contributed by atoms with Crippen LogP contribution in [0.5, 0.6) is 0 Å². The van der Waals surface area contributed by atoms with E-state index in [9.17, 15) is 0 Å². The molecule has 3 atom stereocenters. The fraction of sp³-hybridized carbons (Fsp3) is 0.556. The summed E-state index contributed by atoms with van der Waals surface area (Å²) < 4.78 is 1.42. The van der Waals surface area contributed by atoms with Gasteiger partial charge in [-0.3, -0.25) is 0 Å². The average Bonchev–Trinajstić information content (AvgIpc) is 3.01. The van der Waals surface area contributed by atoms with E-state index in [0.29, 0.717) is 6.04 Å².